The van der Waals surface area contributed by atoms with Crippen molar-refractivity contribution in [3.8, 4) is 0 Å². The highest BCUT2D eigenvalue weighted by molar-refractivity contribution is 7.89. The molecular weight excluding hydrogens is 328 g/mol. The Kier molecular flexibility index (Phi) is 9.27. The third-order valence-corrected chi connectivity index (χ3v) is 4.63. The van der Waals surface area contributed by atoms with Crippen molar-refractivity contribution >= 4 is 28.4 Å². The lowest BCUT2D eigenvalue weighted by atomic mass is 10.1. The molecule has 1 aromatic carbocycles. The van der Waals surface area contributed by atoms with Gasteiger partial charge in [-0.1, -0.05) is 19.8 Å². The minimum absolute atomic E-state index is 0. The van der Waals surface area contributed by atoms with E-state index in [1.807, 2.05) is 6.92 Å². The van der Waals surface area contributed by atoms with Crippen LogP contribution in [0.1, 0.15) is 36.5 Å². The maximum Gasteiger partial charge on any atom is 0.337 e. The predicted octanol–water partition coefficient (Wildman–Crippen LogP) is 1.69. The van der Waals surface area contributed by atoms with Crippen LogP contribution in [0.15, 0.2) is 29.2 Å². The number of methoxy groups -OCH3 is 1. The van der Waals surface area contributed by atoms with E-state index < -0.39 is 16.0 Å². The second-order valence-corrected chi connectivity index (χ2v) is 6.43. The van der Waals surface area contributed by atoms with Gasteiger partial charge in [0.15, 0.2) is 0 Å². The van der Waals surface area contributed by atoms with Crippen LogP contribution in [-0.2, 0) is 14.8 Å². The smallest absolute Gasteiger partial charge is 0.337 e. The van der Waals surface area contributed by atoms with Crippen LogP contribution in [0.5, 0.6) is 0 Å². The van der Waals surface area contributed by atoms with Gasteiger partial charge in [0, 0.05) is 12.6 Å². The van der Waals surface area contributed by atoms with E-state index in [0.29, 0.717) is 12.0 Å². The molecule has 0 spiro atoms. The van der Waals surface area contributed by atoms with Gasteiger partial charge in [-0.2, -0.15) is 0 Å². The first-order valence-corrected chi connectivity index (χ1v) is 8.33. The van der Waals surface area contributed by atoms with E-state index in [2.05, 4.69) is 9.46 Å². The quantitative estimate of drug-likeness (QED) is 0.695. The Bertz CT molecular complexity index is 561. The molecule has 22 heavy (non-hydrogen) atoms. The molecule has 0 saturated carbocycles. The number of ether oxygens (including phenoxy) is 1. The van der Waals surface area contributed by atoms with Gasteiger partial charge in [0.25, 0.3) is 0 Å². The van der Waals surface area contributed by atoms with Crippen molar-refractivity contribution in [1.82, 2.24) is 4.72 Å². The van der Waals surface area contributed by atoms with Crippen molar-refractivity contribution in [3.05, 3.63) is 29.8 Å². The second-order valence-electron chi connectivity index (χ2n) is 4.71. The number of hydrogen-bond acceptors (Lipinski definition) is 5. The molecule has 0 aliphatic carbocycles. The SMILES string of the molecule is CCCCC(CN)NS(=O)(=O)c1ccc(C(=O)OC)cc1.Cl. The highest BCUT2D eigenvalue weighted by Crippen LogP contribution is 2.13. The summed E-state index contributed by atoms with van der Waals surface area (Å²) in [5, 5.41) is 0. The molecule has 0 aliphatic rings. The van der Waals surface area contributed by atoms with Gasteiger partial charge in [-0.15, -0.1) is 12.4 Å². The molecule has 0 aromatic heterocycles. The van der Waals surface area contributed by atoms with E-state index in [1.165, 1.54) is 31.4 Å². The fraction of sp³-hybridized carbons (Fsp3) is 0.500. The normalized spacial score (nSPS) is 12.3. The predicted molar refractivity (Wildman–Crippen MR) is 87.7 cm³/mol. The first-order valence-electron chi connectivity index (χ1n) is 6.85. The highest BCUT2D eigenvalue weighted by Gasteiger charge is 2.19. The third-order valence-electron chi connectivity index (χ3n) is 3.10. The number of nitrogens with one attached hydrogen (secondary N) is 1. The summed E-state index contributed by atoms with van der Waals surface area (Å²) in [4.78, 5) is 11.4. The van der Waals surface area contributed by atoms with Gasteiger partial charge in [-0.05, 0) is 30.7 Å². The van der Waals surface area contributed by atoms with Gasteiger partial charge in [0.1, 0.15) is 0 Å². The van der Waals surface area contributed by atoms with E-state index in [1.54, 1.807) is 0 Å². The number of sulfonamides is 1. The van der Waals surface area contributed by atoms with Crippen LogP contribution >= 0.6 is 12.4 Å². The summed E-state index contributed by atoms with van der Waals surface area (Å²) in [6, 6.07) is 5.31. The summed E-state index contributed by atoms with van der Waals surface area (Å²) in [6.07, 6.45) is 2.59. The van der Waals surface area contributed by atoms with Crippen LogP contribution in [0.2, 0.25) is 0 Å². The zero-order valence-electron chi connectivity index (χ0n) is 12.7. The first kappa shape index (κ1) is 20.9. The van der Waals surface area contributed by atoms with Crippen LogP contribution in [-0.4, -0.2) is 34.1 Å². The number of benzene rings is 1. The molecule has 0 radical (unpaired) electrons. The fourth-order valence-corrected chi connectivity index (χ4v) is 3.13. The summed E-state index contributed by atoms with van der Waals surface area (Å²) < 4.78 is 31.6. The molecule has 1 atom stereocenters. The Balaban J connectivity index is 0.00000441. The van der Waals surface area contributed by atoms with Crippen LogP contribution in [0.25, 0.3) is 0 Å². The van der Waals surface area contributed by atoms with E-state index in [-0.39, 0.29) is 29.9 Å². The van der Waals surface area contributed by atoms with Crippen molar-refractivity contribution in [2.24, 2.45) is 5.73 Å². The molecule has 6 nitrogen and oxygen atoms in total. The minimum atomic E-state index is -3.63. The van der Waals surface area contributed by atoms with E-state index >= 15 is 0 Å². The summed E-state index contributed by atoms with van der Waals surface area (Å²) in [5.74, 6) is -0.505. The largest absolute Gasteiger partial charge is 0.465 e. The number of nitrogens with two attached hydrogens (primary N) is 1. The lowest BCUT2D eigenvalue weighted by molar-refractivity contribution is 0.0600. The van der Waals surface area contributed by atoms with Crippen molar-refractivity contribution in [1.29, 1.82) is 0 Å². The Morgan fingerprint density at radius 2 is 1.91 bits per heavy atom. The van der Waals surface area contributed by atoms with E-state index in [9.17, 15) is 13.2 Å². The summed E-state index contributed by atoms with van der Waals surface area (Å²) in [7, 11) is -2.36. The number of unbranched alkanes of at least 4 members (excludes halogenated alkanes) is 1. The molecule has 0 amide bonds. The average molecular weight is 351 g/mol. The van der Waals surface area contributed by atoms with Gasteiger partial charge < -0.3 is 10.5 Å². The number of halogens is 1. The number of carbonyl (C=O) groups excluding carboxylic acids is 1. The van der Waals surface area contributed by atoms with Crippen molar-refractivity contribution in [2.75, 3.05) is 13.7 Å². The van der Waals surface area contributed by atoms with E-state index in [0.717, 1.165) is 12.8 Å². The highest BCUT2D eigenvalue weighted by atomic mass is 35.5. The molecule has 0 bridgehead atoms. The molecule has 0 heterocycles. The van der Waals surface area contributed by atoms with Crippen LogP contribution in [0.4, 0.5) is 0 Å². The molecule has 8 heteroatoms. The number of hydrogen-bond donors (Lipinski definition) is 2. The number of carbonyl (C=O) groups is 1. The van der Waals surface area contributed by atoms with Crippen LogP contribution < -0.4 is 10.5 Å². The molecule has 126 valence electrons. The average Bonchev–Trinajstić information content (AvgIpc) is 2.50. The van der Waals surface area contributed by atoms with Gasteiger partial charge >= 0.3 is 5.97 Å². The summed E-state index contributed by atoms with van der Waals surface area (Å²) in [5.41, 5.74) is 5.90. The summed E-state index contributed by atoms with van der Waals surface area (Å²) >= 11 is 0. The van der Waals surface area contributed by atoms with Gasteiger partial charge in [0.05, 0.1) is 17.6 Å². The zero-order chi connectivity index (χ0) is 15.9. The minimum Gasteiger partial charge on any atom is -0.465 e. The molecular formula is C14H23ClN2O4S. The molecule has 0 saturated heterocycles. The van der Waals surface area contributed by atoms with Crippen molar-refractivity contribution < 1.29 is 17.9 Å². The van der Waals surface area contributed by atoms with E-state index in [4.69, 9.17) is 5.73 Å². The Hall–Kier alpha value is -1.15. The molecule has 0 fully saturated rings. The van der Waals surface area contributed by atoms with Crippen LogP contribution in [0.3, 0.4) is 0 Å². The maximum absolute atomic E-state index is 12.2. The Labute approximate surface area is 137 Å². The standard InChI is InChI=1S/C14H22N2O4S.ClH/c1-3-4-5-12(10-15)16-21(18,19)13-8-6-11(7-9-13)14(17)20-2;/h6-9,12,16H,3-5,10,15H2,1-2H3;1H. The number of rotatable bonds is 8. The van der Waals surface area contributed by atoms with Gasteiger partial charge in [-0.3, -0.25) is 0 Å². The number of esters is 1. The van der Waals surface area contributed by atoms with Crippen molar-refractivity contribution in [2.45, 2.75) is 37.1 Å². The monoisotopic (exact) mass is 350 g/mol. The molecule has 1 aromatic rings. The van der Waals surface area contributed by atoms with Crippen LogP contribution in [0, 0.1) is 0 Å². The second kappa shape index (κ2) is 9.78. The topological polar surface area (TPSA) is 98.5 Å². The molecule has 1 rings (SSSR count). The zero-order valence-corrected chi connectivity index (χ0v) is 14.4. The van der Waals surface area contributed by atoms with Gasteiger partial charge in [-0.25, -0.2) is 17.9 Å². The lowest BCUT2D eigenvalue weighted by Gasteiger charge is -2.16. The Morgan fingerprint density at radius 3 is 2.36 bits per heavy atom. The maximum atomic E-state index is 12.2. The molecule has 0 aliphatic heterocycles. The third kappa shape index (κ3) is 5.92. The molecule has 3 N–H and O–H groups in total. The fourth-order valence-electron chi connectivity index (χ4n) is 1.85. The van der Waals surface area contributed by atoms with Crippen molar-refractivity contribution in [3.63, 3.8) is 0 Å². The summed E-state index contributed by atoms with van der Waals surface area (Å²) in [6.45, 7) is 2.28. The lowest BCUT2D eigenvalue weighted by Crippen LogP contribution is -2.40. The first-order chi connectivity index (χ1) is 9.94. The van der Waals surface area contributed by atoms with Gasteiger partial charge in [0.2, 0.25) is 10.0 Å². The molecule has 1 unspecified atom stereocenters. The Morgan fingerprint density at radius 1 is 1.32 bits per heavy atom.